The molecule has 1 atom stereocenters. The number of rotatable bonds is 7. The van der Waals surface area contributed by atoms with Crippen LogP contribution in [0.4, 0.5) is 4.39 Å². The zero-order valence-corrected chi connectivity index (χ0v) is 12.7. The normalized spacial score (nSPS) is 17.1. The first-order valence-corrected chi connectivity index (χ1v) is 7.26. The van der Waals surface area contributed by atoms with Crippen LogP contribution in [0.15, 0.2) is 18.2 Å². The van der Waals surface area contributed by atoms with Crippen molar-refractivity contribution in [3.8, 4) is 5.75 Å². The van der Waals surface area contributed by atoms with Gasteiger partial charge in [0.15, 0.2) is 5.54 Å². The molecule has 0 heterocycles. The molecule has 1 N–H and O–H groups in total. The van der Waals surface area contributed by atoms with Gasteiger partial charge in [-0.1, -0.05) is 6.92 Å². The van der Waals surface area contributed by atoms with E-state index in [9.17, 15) is 9.18 Å². The largest absolute Gasteiger partial charge is 0.491 e. The van der Waals surface area contributed by atoms with Crippen LogP contribution in [-0.4, -0.2) is 31.8 Å². The summed E-state index contributed by atoms with van der Waals surface area (Å²) in [5, 5.41) is 3.24. The summed E-state index contributed by atoms with van der Waals surface area (Å²) >= 11 is 0. The third kappa shape index (κ3) is 3.35. The zero-order valence-electron chi connectivity index (χ0n) is 12.7. The van der Waals surface area contributed by atoms with E-state index in [1.807, 2.05) is 6.92 Å². The van der Waals surface area contributed by atoms with Gasteiger partial charge in [-0.3, -0.25) is 5.32 Å². The molecule has 1 aliphatic rings. The Morgan fingerprint density at radius 1 is 1.48 bits per heavy atom. The number of ether oxygens (including phenoxy) is 2. The summed E-state index contributed by atoms with van der Waals surface area (Å²) in [6.07, 6.45) is 1.96. The topological polar surface area (TPSA) is 47.6 Å². The first-order valence-electron chi connectivity index (χ1n) is 7.26. The van der Waals surface area contributed by atoms with E-state index in [2.05, 4.69) is 5.32 Å². The molecule has 21 heavy (non-hydrogen) atoms. The van der Waals surface area contributed by atoms with Gasteiger partial charge in [-0.15, -0.1) is 0 Å². The lowest BCUT2D eigenvalue weighted by Crippen LogP contribution is -2.58. The second-order valence-corrected chi connectivity index (χ2v) is 5.47. The summed E-state index contributed by atoms with van der Waals surface area (Å²) in [4.78, 5) is 12.2. The van der Waals surface area contributed by atoms with Crippen LogP contribution < -0.4 is 10.1 Å². The highest BCUT2D eigenvalue weighted by Gasteiger charge is 2.52. The standard InChI is InChI=1S/C16H22FNO3/c1-4-18-16(12-5-6-12,15(19)20-3)10-21-14-8-7-13(17)9-11(14)2/h7-9,12,18H,4-6,10H2,1-3H3. The van der Waals surface area contributed by atoms with E-state index in [0.29, 0.717) is 17.9 Å². The predicted octanol–water partition coefficient (Wildman–Crippen LogP) is 2.44. The number of hydrogen-bond donors (Lipinski definition) is 1. The van der Waals surface area contributed by atoms with Gasteiger partial charge in [-0.25, -0.2) is 9.18 Å². The number of carbonyl (C=O) groups excluding carboxylic acids is 1. The van der Waals surface area contributed by atoms with Gasteiger partial charge < -0.3 is 9.47 Å². The minimum atomic E-state index is -0.815. The Labute approximate surface area is 124 Å². The number of esters is 1. The number of carbonyl (C=O) groups is 1. The number of likely N-dealkylation sites (N-methyl/N-ethyl adjacent to an activating group) is 1. The average molecular weight is 295 g/mol. The predicted molar refractivity (Wildman–Crippen MR) is 77.8 cm³/mol. The first-order chi connectivity index (χ1) is 10.0. The van der Waals surface area contributed by atoms with Crippen molar-refractivity contribution in [2.45, 2.75) is 32.2 Å². The Morgan fingerprint density at radius 2 is 2.19 bits per heavy atom. The van der Waals surface area contributed by atoms with Crippen molar-refractivity contribution >= 4 is 5.97 Å². The van der Waals surface area contributed by atoms with E-state index < -0.39 is 5.54 Å². The molecular weight excluding hydrogens is 273 g/mol. The van der Waals surface area contributed by atoms with E-state index in [0.717, 1.165) is 12.8 Å². The molecule has 0 spiro atoms. The smallest absolute Gasteiger partial charge is 0.329 e. The molecule has 1 aromatic carbocycles. The molecule has 0 aliphatic heterocycles. The van der Waals surface area contributed by atoms with Gasteiger partial charge in [0.05, 0.1) is 7.11 Å². The number of halogens is 1. The van der Waals surface area contributed by atoms with Gasteiger partial charge in [-0.2, -0.15) is 0 Å². The van der Waals surface area contributed by atoms with E-state index >= 15 is 0 Å². The molecule has 4 nitrogen and oxygen atoms in total. The van der Waals surface area contributed by atoms with Crippen LogP contribution in [0.5, 0.6) is 5.75 Å². The van der Waals surface area contributed by atoms with Gasteiger partial charge in [-0.05, 0) is 56.0 Å². The molecule has 0 bridgehead atoms. The Morgan fingerprint density at radius 3 is 2.71 bits per heavy atom. The summed E-state index contributed by atoms with van der Waals surface area (Å²) in [6, 6.07) is 4.36. The number of nitrogens with one attached hydrogen (secondary N) is 1. The quantitative estimate of drug-likeness (QED) is 0.785. The Bertz CT molecular complexity index is 516. The van der Waals surface area contributed by atoms with Gasteiger partial charge in [0.1, 0.15) is 18.2 Å². The van der Waals surface area contributed by atoms with Crippen molar-refractivity contribution in [2.75, 3.05) is 20.3 Å². The van der Waals surface area contributed by atoms with E-state index in [1.165, 1.54) is 19.2 Å². The third-order valence-corrected chi connectivity index (χ3v) is 3.91. The summed E-state index contributed by atoms with van der Waals surface area (Å²) in [5.41, 5.74) is -0.106. The van der Waals surface area contributed by atoms with Crippen molar-refractivity contribution in [1.29, 1.82) is 0 Å². The Balaban J connectivity index is 2.16. The summed E-state index contributed by atoms with van der Waals surface area (Å²) in [6.45, 7) is 4.56. The minimum Gasteiger partial charge on any atom is -0.491 e. The number of hydrogen-bond acceptors (Lipinski definition) is 4. The fourth-order valence-corrected chi connectivity index (χ4v) is 2.65. The highest BCUT2D eigenvalue weighted by molar-refractivity contribution is 5.82. The van der Waals surface area contributed by atoms with Gasteiger partial charge in [0, 0.05) is 0 Å². The summed E-state index contributed by atoms with van der Waals surface area (Å²) < 4.78 is 23.9. The van der Waals surface area contributed by atoms with Crippen LogP contribution in [0.1, 0.15) is 25.3 Å². The van der Waals surface area contributed by atoms with E-state index in [4.69, 9.17) is 9.47 Å². The van der Waals surface area contributed by atoms with E-state index in [1.54, 1.807) is 13.0 Å². The second kappa shape index (κ2) is 6.43. The van der Waals surface area contributed by atoms with Crippen molar-refractivity contribution in [1.82, 2.24) is 5.32 Å². The molecule has 0 aromatic heterocycles. The number of methoxy groups -OCH3 is 1. The molecular formula is C16H22FNO3. The molecule has 0 radical (unpaired) electrons. The molecule has 5 heteroatoms. The van der Waals surface area contributed by atoms with Crippen LogP contribution in [0.2, 0.25) is 0 Å². The maximum Gasteiger partial charge on any atom is 0.329 e. The lowest BCUT2D eigenvalue weighted by atomic mass is 9.94. The van der Waals surface area contributed by atoms with E-state index in [-0.39, 0.29) is 24.3 Å². The molecule has 116 valence electrons. The molecule has 0 amide bonds. The lowest BCUT2D eigenvalue weighted by molar-refractivity contribution is -0.151. The average Bonchev–Trinajstić information content (AvgIpc) is 3.29. The summed E-state index contributed by atoms with van der Waals surface area (Å²) in [5.74, 6) is 0.216. The molecule has 1 aromatic rings. The molecule has 1 saturated carbocycles. The van der Waals surface area contributed by atoms with Crippen LogP contribution in [0.3, 0.4) is 0 Å². The van der Waals surface area contributed by atoms with Crippen LogP contribution in [0.25, 0.3) is 0 Å². The molecule has 0 saturated heterocycles. The highest BCUT2D eigenvalue weighted by atomic mass is 19.1. The zero-order chi connectivity index (χ0) is 15.5. The van der Waals surface area contributed by atoms with Gasteiger partial charge in [0.25, 0.3) is 0 Å². The van der Waals surface area contributed by atoms with Gasteiger partial charge in [0.2, 0.25) is 0 Å². The lowest BCUT2D eigenvalue weighted by Gasteiger charge is -2.32. The van der Waals surface area contributed by atoms with Crippen LogP contribution in [0, 0.1) is 18.7 Å². The molecule has 1 aliphatic carbocycles. The van der Waals surface area contributed by atoms with Crippen molar-refractivity contribution in [3.63, 3.8) is 0 Å². The summed E-state index contributed by atoms with van der Waals surface area (Å²) in [7, 11) is 1.39. The second-order valence-electron chi connectivity index (χ2n) is 5.47. The van der Waals surface area contributed by atoms with Gasteiger partial charge >= 0.3 is 5.97 Å². The molecule has 2 rings (SSSR count). The monoisotopic (exact) mass is 295 g/mol. The molecule has 1 unspecified atom stereocenters. The minimum absolute atomic E-state index is 0.185. The SMILES string of the molecule is CCNC(COc1ccc(F)cc1C)(C(=O)OC)C1CC1. The van der Waals surface area contributed by atoms with Crippen molar-refractivity contribution < 1.29 is 18.7 Å². The third-order valence-electron chi connectivity index (χ3n) is 3.91. The highest BCUT2D eigenvalue weighted by Crippen LogP contribution is 2.41. The van der Waals surface area contributed by atoms with Crippen LogP contribution in [-0.2, 0) is 9.53 Å². The number of benzene rings is 1. The van der Waals surface area contributed by atoms with Crippen molar-refractivity contribution in [2.24, 2.45) is 5.92 Å². The maximum atomic E-state index is 13.1. The number of aryl methyl sites for hydroxylation is 1. The Kier molecular flexibility index (Phi) is 4.83. The van der Waals surface area contributed by atoms with Crippen LogP contribution >= 0.6 is 0 Å². The van der Waals surface area contributed by atoms with Crippen molar-refractivity contribution in [3.05, 3.63) is 29.6 Å². The first kappa shape index (κ1) is 15.8. The fraction of sp³-hybridized carbons (Fsp3) is 0.562. The fourth-order valence-electron chi connectivity index (χ4n) is 2.65. The molecule has 1 fully saturated rings. The maximum absolute atomic E-state index is 13.1. The Hall–Kier alpha value is -1.62.